The molecule has 0 aliphatic rings. The molecular formula is C23H17N5OS. The van der Waals surface area contributed by atoms with E-state index in [1.54, 1.807) is 4.68 Å². The summed E-state index contributed by atoms with van der Waals surface area (Å²) in [4.78, 5) is 16.7. The number of aromatic nitrogens is 5. The fourth-order valence-electron chi connectivity index (χ4n) is 3.50. The van der Waals surface area contributed by atoms with E-state index in [2.05, 4.69) is 20.5 Å². The Balaban J connectivity index is 1.72. The van der Waals surface area contributed by atoms with Gasteiger partial charge in [0.05, 0.1) is 10.6 Å². The molecule has 5 rings (SSSR count). The number of nitrogens with zero attached hydrogens (tertiary/aromatic N) is 4. The van der Waals surface area contributed by atoms with E-state index in [0.29, 0.717) is 10.1 Å². The Bertz CT molecular complexity index is 1410. The van der Waals surface area contributed by atoms with Crippen LogP contribution in [0.25, 0.3) is 27.7 Å². The highest BCUT2D eigenvalue weighted by atomic mass is 32.2. The summed E-state index contributed by atoms with van der Waals surface area (Å²) in [5, 5.41) is 13.7. The van der Waals surface area contributed by atoms with Crippen LogP contribution in [0.15, 0.2) is 93.7 Å². The Hall–Kier alpha value is -3.71. The minimum absolute atomic E-state index is 0.170. The lowest BCUT2D eigenvalue weighted by Crippen LogP contribution is -2.11. The van der Waals surface area contributed by atoms with Crippen molar-refractivity contribution < 1.29 is 0 Å². The van der Waals surface area contributed by atoms with Crippen LogP contribution in [0.2, 0.25) is 0 Å². The third kappa shape index (κ3) is 3.19. The van der Waals surface area contributed by atoms with E-state index in [-0.39, 0.29) is 5.56 Å². The van der Waals surface area contributed by atoms with E-state index < -0.39 is 0 Å². The number of pyridine rings is 1. The first-order valence-corrected chi connectivity index (χ1v) is 10.3. The summed E-state index contributed by atoms with van der Waals surface area (Å²) in [6.45, 7) is 2.00. The molecule has 0 radical (unpaired) electrons. The molecule has 2 aromatic heterocycles. The second kappa shape index (κ2) is 7.61. The summed E-state index contributed by atoms with van der Waals surface area (Å²) in [5.41, 5.74) is 4.39. The highest BCUT2D eigenvalue weighted by molar-refractivity contribution is 7.99. The zero-order chi connectivity index (χ0) is 20.5. The second-order valence-corrected chi connectivity index (χ2v) is 7.81. The van der Waals surface area contributed by atoms with Gasteiger partial charge in [0.15, 0.2) is 0 Å². The van der Waals surface area contributed by atoms with Gasteiger partial charge in [0.25, 0.3) is 5.56 Å². The molecule has 0 spiro atoms. The van der Waals surface area contributed by atoms with Gasteiger partial charge in [-0.2, -0.15) is 4.68 Å². The molecule has 146 valence electrons. The first kappa shape index (κ1) is 18.3. The number of tetrazole rings is 1. The van der Waals surface area contributed by atoms with Crippen LogP contribution in [-0.2, 0) is 0 Å². The molecular weight excluding hydrogens is 394 g/mol. The van der Waals surface area contributed by atoms with Crippen LogP contribution in [0.1, 0.15) is 5.56 Å². The maximum absolute atomic E-state index is 13.1. The Kier molecular flexibility index (Phi) is 4.65. The van der Waals surface area contributed by atoms with Crippen molar-refractivity contribution in [3.63, 3.8) is 0 Å². The lowest BCUT2D eigenvalue weighted by atomic mass is 10.0. The number of aryl methyl sites for hydroxylation is 1. The van der Waals surface area contributed by atoms with Gasteiger partial charge in [0, 0.05) is 16.5 Å². The molecule has 0 saturated heterocycles. The molecule has 0 atom stereocenters. The molecule has 2 heterocycles. The highest BCUT2D eigenvalue weighted by Gasteiger charge is 2.19. The Morgan fingerprint density at radius 2 is 1.63 bits per heavy atom. The van der Waals surface area contributed by atoms with Gasteiger partial charge >= 0.3 is 0 Å². The average molecular weight is 411 g/mol. The molecule has 0 unspecified atom stereocenters. The number of hydrogen-bond acceptors (Lipinski definition) is 5. The summed E-state index contributed by atoms with van der Waals surface area (Å²) in [6, 6.07) is 25.6. The van der Waals surface area contributed by atoms with Crippen LogP contribution in [0.3, 0.4) is 0 Å². The van der Waals surface area contributed by atoms with Crippen LogP contribution in [0.4, 0.5) is 0 Å². The van der Waals surface area contributed by atoms with Crippen LogP contribution < -0.4 is 5.56 Å². The van der Waals surface area contributed by atoms with Gasteiger partial charge in [0.2, 0.25) is 5.16 Å². The predicted molar refractivity (Wildman–Crippen MR) is 118 cm³/mol. The summed E-state index contributed by atoms with van der Waals surface area (Å²) < 4.78 is 1.67. The molecule has 30 heavy (non-hydrogen) atoms. The molecule has 0 aliphatic carbocycles. The first-order chi connectivity index (χ1) is 14.7. The molecule has 0 aliphatic heterocycles. The second-order valence-electron chi connectivity index (χ2n) is 6.83. The lowest BCUT2D eigenvalue weighted by molar-refractivity contribution is 0.752. The van der Waals surface area contributed by atoms with Crippen molar-refractivity contribution >= 4 is 22.7 Å². The van der Waals surface area contributed by atoms with Crippen LogP contribution in [0, 0.1) is 6.92 Å². The largest absolute Gasteiger partial charge is 0.321 e. The normalized spacial score (nSPS) is 11.1. The molecule has 7 heteroatoms. The topological polar surface area (TPSA) is 76.5 Å². The number of H-pyrrole nitrogens is 1. The van der Waals surface area contributed by atoms with Crippen LogP contribution in [0.5, 0.6) is 0 Å². The van der Waals surface area contributed by atoms with E-state index in [1.165, 1.54) is 11.8 Å². The predicted octanol–water partition coefficient (Wildman–Crippen LogP) is 4.63. The summed E-state index contributed by atoms with van der Waals surface area (Å²) >= 11 is 1.27. The van der Waals surface area contributed by atoms with Gasteiger partial charge in [-0.15, -0.1) is 5.10 Å². The average Bonchev–Trinajstić information content (AvgIpc) is 3.23. The van der Waals surface area contributed by atoms with Crippen LogP contribution >= 0.6 is 11.8 Å². The van der Waals surface area contributed by atoms with Gasteiger partial charge in [-0.1, -0.05) is 66.7 Å². The van der Waals surface area contributed by atoms with Crippen molar-refractivity contribution in [1.82, 2.24) is 25.2 Å². The number of fused-ring (bicyclic) bond motifs is 1. The molecule has 3 aromatic carbocycles. The quantitative estimate of drug-likeness (QED) is 0.467. The SMILES string of the molecule is Cc1ccccc1-n1nnnc1Sc1c(-c2ccccc2)c2ccccc2[nH]c1=O. The molecule has 0 fully saturated rings. The standard InChI is InChI=1S/C23H17N5OS/c1-15-9-5-8-14-19(15)28-23(25-26-27-28)30-21-20(16-10-3-2-4-11-16)17-12-6-7-13-18(17)24-22(21)29/h2-14H,1H3,(H,24,29). The number of aromatic amines is 1. The molecule has 0 amide bonds. The molecule has 6 nitrogen and oxygen atoms in total. The minimum Gasteiger partial charge on any atom is -0.321 e. The molecule has 0 bridgehead atoms. The number of nitrogens with one attached hydrogen (secondary N) is 1. The van der Waals surface area contributed by atoms with Gasteiger partial charge in [-0.05, 0) is 52.4 Å². The first-order valence-electron chi connectivity index (χ1n) is 9.45. The van der Waals surface area contributed by atoms with Crippen molar-refractivity contribution in [2.24, 2.45) is 0 Å². The van der Waals surface area contributed by atoms with Gasteiger partial charge < -0.3 is 4.98 Å². The van der Waals surface area contributed by atoms with Crippen molar-refractivity contribution in [2.75, 3.05) is 0 Å². The third-order valence-electron chi connectivity index (χ3n) is 4.92. The molecule has 1 N–H and O–H groups in total. The van der Waals surface area contributed by atoms with Crippen molar-refractivity contribution in [3.05, 3.63) is 94.8 Å². The smallest absolute Gasteiger partial charge is 0.263 e. The minimum atomic E-state index is -0.170. The number of para-hydroxylation sites is 2. The van der Waals surface area contributed by atoms with Crippen molar-refractivity contribution in [1.29, 1.82) is 0 Å². The monoisotopic (exact) mass is 411 g/mol. The van der Waals surface area contributed by atoms with E-state index in [1.807, 2.05) is 85.8 Å². The number of benzene rings is 3. The van der Waals surface area contributed by atoms with E-state index in [4.69, 9.17) is 0 Å². The lowest BCUT2D eigenvalue weighted by Gasteiger charge is -2.13. The van der Waals surface area contributed by atoms with E-state index in [9.17, 15) is 4.79 Å². The summed E-state index contributed by atoms with van der Waals surface area (Å²) in [5.74, 6) is 0. The maximum atomic E-state index is 13.1. The fourth-order valence-corrected chi connectivity index (χ4v) is 4.45. The van der Waals surface area contributed by atoms with Crippen LogP contribution in [-0.4, -0.2) is 25.2 Å². The Morgan fingerprint density at radius 1 is 0.900 bits per heavy atom. The zero-order valence-corrected chi connectivity index (χ0v) is 16.9. The Labute approximate surface area is 176 Å². The van der Waals surface area contributed by atoms with E-state index >= 15 is 0 Å². The maximum Gasteiger partial charge on any atom is 0.263 e. The Morgan fingerprint density at radius 3 is 2.47 bits per heavy atom. The summed E-state index contributed by atoms with van der Waals surface area (Å²) in [7, 11) is 0. The van der Waals surface area contributed by atoms with E-state index in [0.717, 1.165) is 33.3 Å². The third-order valence-corrected chi connectivity index (χ3v) is 5.95. The fraction of sp³-hybridized carbons (Fsp3) is 0.0435. The highest BCUT2D eigenvalue weighted by Crippen LogP contribution is 2.37. The van der Waals surface area contributed by atoms with Crippen molar-refractivity contribution in [2.45, 2.75) is 17.0 Å². The summed E-state index contributed by atoms with van der Waals surface area (Å²) in [6.07, 6.45) is 0. The zero-order valence-electron chi connectivity index (χ0n) is 16.1. The number of hydrogen-bond donors (Lipinski definition) is 1. The molecule has 5 aromatic rings. The van der Waals surface area contributed by atoms with Crippen molar-refractivity contribution in [3.8, 4) is 16.8 Å². The number of rotatable bonds is 4. The van der Waals surface area contributed by atoms with Gasteiger partial charge in [-0.3, -0.25) is 4.79 Å². The van der Waals surface area contributed by atoms with Gasteiger partial charge in [-0.25, -0.2) is 0 Å². The van der Waals surface area contributed by atoms with Gasteiger partial charge in [0.1, 0.15) is 0 Å². The molecule has 0 saturated carbocycles.